The molecule has 0 fully saturated rings. The van der Waals surface area contributed by atoms with Gasteiger partial charge in [-0.25, -0.2) is 9.18 Å². The number of rotatable bonds is 4. The Morgan fingerprint density at radius 2 is 2.00 bits per heavy atom. The fourth-order valence-electron chi connectivity index (χ4n) is 1.40. The normalized spacial score (nSPS) is 11.6. The number of halogens is 2. The Morgan fingerprint density at radius 1 is 1.40 bits per heavy atom. The maximum Gasteiger partial charge on any atom is 0.328 e. The van der Waals surface area contributed by atoms with Gasteiger partial charge in [-0.05, 0) is 13.0 Å². The van der Waals surface area contributed by atoms with Crippen molar-refractivity contribution in [3.05, 3.63) is 39.4 Å². The zero-order valence-electron chi connectivity index (χ0n) is 10.5. The number of methoxy groups -OCH3 is 1. The highest BCUT2D eigenvalue weighted by Gasteiger charge is 2.28. The van der Waals surface area contributed by atoms with E-state index in [9.17, 15) is 28.5 Å². The first-order valence-electron chi connectivity index (χ1n) is 5.30. The van der Waals surface area contributed by atoms with Gasteiger partial charge in [0, 0.05) is 6.07 Å². The van der Waals surface area contributed by atoms with E-state index in [4.69, 9.17) is 0 Å². The van der Waals surface area contributed by atoms with E-state index in [1.165, 1.54) is 6.92 Å². The Morgan fingerprint density at radius 3 is 2.50 bits per heavy atom. The van der Waals surface area contributed by atoms with Crippen molar-refractivity contribution in [2.24, 2.45) is 0 Å². The lowest BCUT2D eigenvalue weighted by molar-refractivity contribution is -0.387. The third-order valence-corrected chi connectivity index (χ3v) is 2.40. The number of carbonyl (C=O) groups excluding carboxylic acids is 2. The van der Waals surface area contributed by atoms with Gasteiger partial charge in [0.1, 0.15) is 17.4 Å². The summed E-state index contributed by atoms with van der Waals surface area (Å²) in [6, 6.07) is 0.0370. The van der Waals surface area contributed by atoms with Crippen LogP contribution >= 0.6 is 0 Å². The Bertz CT molecular complexity index is 576. The predicted molar refractivity (Wildman–Crippen MR) is 62.0 cm³/mol. The molecule has 0 saturated heterocycles. The third-order valence-electron chi connectivity index (χ3n) is 2.40. The lowest BCUT2D eigenvalue weighted by Crippen LogP contribution is -2.39. The van der Waals surface area contributed by atoms with Gasteiger partial charge in [0.25, 0.3) is 5.91 Å². The minimum absolute atomic E-state index is 0.596. The van der Waals surface area contributed by atoms with Crippen LogP contribution in [0.25, 0.3) is 0 Å². The second-order valence-corrected chi connectivity index (χ2v) is 3.73. The van der Waals surface area contributed by atoms with Crippen LogP contribution in [0.15, 0.2) is 12.1 Å². The van der Waals surface area contributed by atoms with Gasteiger partial charge in [-0.3, -0.25) is 14.9 Å². The molecular formula is C11H10F2N2O5. The standard InChI is InChI=1S/C11H10F2N2O5/c1-5(11(17)20-2)14-10(16)8-6(12)3-4-7(9(8)13)15(18)19/h3-5H,1-2H3,(H,14,16). The maximum absolute atomic E-state index is 13.7. The van der Waals surface area contributed by atoms with E-state index < -0.39 is 45.7 Å². The van der Waals surface area contributed by atoms with E-state index in [0.717, 1.165) is 7.11 Å². The molecule has 0 aliphatic carbocycles. The Kier molecular flexibility index (Phi) is 4.68. The largest absolute Gasteiger partial charge is 0.467 e. The fraction of sp³-hybridized carbons (Fsp3) is 0.273. The van der Waals surface area contributed by atoms with E-state index in [0.29, 0.717) is 12.1 Å². The van der Waals surface area contributed by atoms with Crippen molar-refractivity contribution in [3.63, 3.8) is 0 Å². The molecule has 0 radical (unpaired) electrons. The summed E-state index contributed by atoms with van der Waals surface area (Å²) in [5, 5.41) is 12.5. The van der Waals surface area contributed by atoms with Crippen LogP contribution in [0, 0.1) is 21.7 Å². The van der Waals surface area contributed by atoms with Crippen molar-refractivity contribution in [1.29, 1.82) is 0 Å². The molecule has 1 N–H and O–H groups in total. The number of benzene rings is 1. The summed E-state index contributed by atoms with van der Waals surface area (Å²) < 4.78 is 31.5. The molecule has 1 amide bonds. The summed E-state index contributed by atoms with van der Waals surface area (Å²) in [5.41, 5.74) is -2.17. The lowest BCUT2D eigenvalue weighted by Gasteiger charge is -2.12. The quantitative estimate of drug-likeness (QED) is 0.509. The minimum Gasteiger partial charge on any atom is -0.467 e. The van der Waals surface area contributed by atoms with E-state index >= 15 is 0 Å². The van der Waals surface area contributed by atoms with Gasteiger partial charge < -0.3 is 10.1 Å². The SMILES string of the molecule is COC(=O)C(C)NC(=O)c1c(F)ccc([N+](=O)[O-])c1F. The first-order chi connectivity index (χ1) is 9.29. The van der Waals surface area contributed by atoms with Crippen molar-refractivity contribution in [2.75, 3.05) is 7.11 Å². The van der Waals surface area contributed by atoms with Crippen LogP contribution in [0.5, 0.6) is 0 Å². The molecule has 1 rings (SSSR count). The van der Waals surface area contributed by atoms with Crippen LogP contribution < -0.4 is 5.32 Å². The average molecular weight is 288 g/mol. The second kappa shape index (κ2) is 6.04. The number of amides is 1. The molecule has 1 aromatic carbocycles. The Balaban J connectivity index is 3.13. The molecule has 0 aliphatic heterocycles. The molecule has 0 heterocycles. The zero-order valence-corrected chi connectivity index (χ0v) is 10.5. The molecule has 1 atom stereocenters. The van der Waals surface area contributed by atoms with Gasteiger partial charge in [0.05, 0.1) is 12.0 Å². The van der Waals surface area contributed by atoms with E-state index in [2.05, 4.69) is 4.74 Å². The van der Waals surface area contributed by atoms with E-state index in [1.807, 2.05) is 5.32 Å². The molecule has 0 aromatic heterocycles. The molecule has 0 bridgehead atoms. The van der Waals surface area contributed by atoms with Crippen molar-refractivity contribution < 1.29 is 28.0 Å². The smallest absolute Gasteiger partial charge is 0.328 e. The van der Waals surface area contributed by atoms with E-state index in [1.54, 1.807) is 0 Å². The second-order valence-electron chi connectivity index (χ2n) is 3.73. The fourth-order valence-corrected chi connectivity index (χ4v) is 1.40. The third kappa shape index (κ3) is 3.05. The molecule has 0 aliphatic rings. The number of esters is 1. The van der Waals surface area contributed by atoms with Crippen molar-refractivity contribution in [1.82, 2.24) is 5.32 Å². The summed E-state index contributed by atoms with van der Waals surface area (Å²) in [7, 11) is 1.07. The molecule has 108 valence electrons. The number of hydrogen-bond donors (Lipinski definition) is 1. The lowest BCUT2D eigenvalue weighted by atomic mass is 10.1. The molecule has 0 spiro atoms. The monoisotopic (exact) mass is 288 g/mol. The highest BCUT2D eigenvalue weighted by Crippen LogP contribution is 2.23. The molecule has 20 heavy (non-hydrogen) atoms. The predicted octanol–water partition coefficient (Wildman–Crippen LogP) is 1.16. The van der Waals surface area contributed by atoms with Crippen LogP contribution in [0.4, 0.5) is 14.5 Å². The molecule has 7 nitrogen and oxygen atoms in total. The number of nitrogens with zero attached hydrogens (tertiary/aromatic N) is 1. The number of carbonyl (C=O) groups is 2. The number of nitro benzene ring substituents is 1. The van der Waals surface area contributed by atoms with Crippen LogP contribution in [-0.4, -0.2) is 30.0 Å². The van der Waals surface area contributed by atoms with Gasteiger partial charge in [-0.2, -0.15) is 4.39 Å². The maximum atomic E-state index is 13.7. The zero-order chi connectivity index (χ0) is 15.4. The molecule has 9 heteroatoms. The summed E-state index contributed by atoms with van der Waals surface area (Å²) in [6.45, 7) is 1.23. The number of ether oxygens (including phenoxy) is 1. The van der Waals surface area contributed by atoms with Crippen molar-refractivity contribution in [3.8, 4) is 0 Å². The van der Waals surface area contributed by atoms with Crippen molar-refractivity contribution >= 4 is 17.6 Å². The van der Waals surface area contributed by atoms with Crippen LogP contribution in [0.2, 0.25) is 0 Å². The molecule has 1 aromatic rings. The molecule has 0 saturated carbocycles. The van der Waals surface area contributed by atoms with Crippen LogP contribution in [0.1, 0.15) is 17.3 Å². The van der Waals surface area contributed by atoms with Gasteiger partial charge >= 0.3 is 11.7 Å². The number of nitro groups is 1. The number of nitrogens with one attached hydrogen (secondary N) is 1. The van der Waals surface area contributed by atoms with Gasteiger partial charge in [0.2, 0.25) is 5.82 Å². The number of hydrogen-bond acceptors (Lipinski definition) is 5. The first kappa shape index (κ1) is 15.5. The summed E-state index contributed by atoms with van der Waals surface area (Å²) in [6.07, 6.45) is 0. The molecule has 1 unspecified atom stereocenters. The Labute approximate surface area is 111 Å². The van der Waals surface area contributed by atoms with Gasteiger partial charge in [-0.15, -0.1) is 0 Å². The topological polar surface area (TPSA) is 98.5 Å². The summed E-state index contributed by atoms with van der Waals surface area (Å²) >= 11 is 0. The summed E-state index contributed by atoms with van der Waals surface area (Å²) in [5.74, 6) is -5.00. The minimum atomic E-state index is -1.61. The van der Waals surface area contributed by atoms with Crippen LogP contribution in [-0.2, 0) is 9.53 Å². The van der Waals surface area contributed by atoms with Crippen LogP contribution in [0.3, 0.4) is 0 Å². The van der Waals surface area contributed by atoms with E-state index in [-0.39, 0.29) is 0 Å². The molecular weight excluding hydrogens is 278 g/mol. The highest BCUT2D eigenvalue weighted by atomic mass is 19.1. The van der Waals surface area contributed by atoms with Gasteiger partial charge in [0.15, 0.2) is 0 Å². The first-order valence-corrected chi connectivity index (χ1v) is 5.30. The Hall–Kier alpha value is -2.58. The highest BCUT2D eigenvalue weighted by molar-refractivity contribution is 5.97. The average Bonchev–Trinajstić information content (AvgIpc) is 2.37. The van der Waals surface area contributed by atoms with Gasteiger partial charge in [-0.1, -0.05) is 0 Å². The van der Waals surface area contributed by atoms with Crippen molar-refractivity contribution in [2.45, 2.75) is 13.0 Å². The summed E-state index contributed by atoms with van der Waals surface area (Å²) in [4.78, 5) is 32.2.